The fraction of sp³-hybridized carbons (Fsp3) is 0.462. The van der Waals surface area contributed by atoms with E-state index < -0.39 is 25.8 Å². The molecule has 0 spiro atoms. The van der Waals surface area contributed by atoms with Gasteiger partial charge in [0.25, 0.3) is 0 Å². The molecule has 14 nitrogen and oxygen atoms in total. The van der Waals surface area contributed by atoms with Crippen molar-refractivity contribution in [1.82, 2.24) is 24.2 Å². The third-order valence-corrected chi connectivity index (χ3v) is 8.96. The third-order valence-electron chi connectivity index (χ3n) is 6.67. The van der Waals surface area contributed by atoms with Gasteiger partial charge in [0.15, 0.2) is 11.2 Å². The van der Waals surface area contributed by atoms with Crippen LogP contribution in [0.1, 0.15) is 33.2 Å². The van der Waals surface area contributed by atoms with Crippen LogP contribution in [0.25, 0.3) is 11.2 Å². The fourth-order valence-electron chi connectivity index (χ4n) is 4.73. The Morgan fingerprint density at radius 1 is 1.10 bits per heavy atom. The molecule has 1 aromatic carbocycles. The van der Waals surface area contributed by atoms with E-state index in [4.69, 9.17) is 29.0 Å². The Morgan fingerprint density at radius 3 is 2.34 bits per heavy atom. The van der Waals surface area contributed by atoms with Crippen LogP contribution < -0.4 is 24.5 Å². The minimum atomic E-state index is -4.23. The van der Waals surface area contributed by atoms with Crippen LogP contribution in [-0.4, -0.2) is 75.3 Å². The Kier molecular flexibility index (Phi) is 9.05. The number of aliphatic carboxylic acids is 1. The van der Waals surface area contributed by atoms with Crippen LogP contribution in [0.15, 0.2) is 36.7 Å². The molecular weight excluding hydrogens is 555 g/mol. The number of methoxy groups -OCH3 is 3. The largest absolute Gasteiger partial charge is 0.496 e. The number of imidazole rings is 1. The minimum Gasteiger partial charge on any atom is -0.496 e. The smallest absolute Gasteiger partial charge is 0.462 e. The molecule has 3 aromatic rings. The molecule has 2 aromatic heterocycles. The first-order valence-corrected chi connectivity index (χ1v) is 14.4. The molecule has 4 rings (SSSR count). The number of nitrogens with zero attached hydrogens (tertiary/aromatic N) is 5. The number of carbonyl (C=O) groups is 1. The minimum absolute atomic E-state index is 0.00594. The molecule has 0 saturated heterocycles. The molecule has 0 radical (unpaired) electrons. The highest BCUT2D eigenvalue weighted by Crippen LogP contribution is 2.55. The van der Waals surface area contributed by atoms with Crippen molar-refractivity contribution in [3.63, 3.8) is 0 Å². The number of nitrogen functional groups attached to an aromatic ring is 1. The molecule has 222 valence electrons. The number of ether oxygens (including phenoxy) is 3. The lowest BCUT2D eigenvalue weighted by molar-refractivity contribution is -0.141. The molecular formula is C26H35N6O8P. The zero-order valence-corrected chi connectivity index (χ0v) is 24.6. The molecule has 0 aliphatic heterocycles. The van der Waals surface area contributed by atoms with E-state index in [0.717, 1.165) is 0 Å². The quantitative estimate of drug-likeness (QED) is 0.217. The van der Waals surface area contributed by atoms with E-state index in [9.17, 15) is 14.5 Å². The number of rotatable bonds is 13. The van der Waals surface area contributed by atoms with Crippen LogP contribution in [0.5, 0.6) is 23.1 Å². The normalized spacial score (nSPS) is 18.9. The van der Waals surface area contributed by atoms with Gasteiger partial charge >= 0.3 is 13.7 Å². The third kappa shape index (κ3) is 6.39. The molecule has 0 bridgehead atoms. The molecule has 1 aliphatic rings. The van der Waals surface area contributed by atoms with Gasteiger partial charge in [-0.2, -0.15) is 14.6 Å². The zero-order valence-electron chi connectivity index (χ0n) is 23.8. The predicted octanol–water partition coefficient (Wildman–Crippen LogP) is 3.94. The molecule has 3 N–H and O–H groups in total. The Bertz CT molecular complexity index is 1460. The van der Waals surface area contributed by atoms with Crippen molar-refractivity contribution in [2.24, 2.45) is 5.92 Å². The lowest BCUT2D eigenvalue weighted by Gasteiger charge is -2.35. The van der Waals surface area contributed by atoms with E-state index in [2.05, 4.69) is 15.0 Å². The van der Waals surface area contributed by atoms with Gasteiger partial charge in [-0.3, -0.25) is 9.32 Å². The van der Waals surface area contributed by atoms with Crippen molar-refractivity contribution in [3.8, 4) is 23.1 Å². The first-order valence-electron chi connectivity index (χ1n) is 12.9. The van der Waals surface area contributed by atoms with Gasteiger partial charge in [-0.1, -0.05) is 12.2 Å². The van der Waals surface area contributed by atoms with E-state index in [0.29, 0.717) is 29.1 Å². The van der Waals surface area contributed by atoms with Crippen molar-refractivity contribution in [2.45, 2.75) is 45.3 Å². The van der Waals surface area contributed by atoms with Crippen LogP contribution in [0.2, 0.25) is 0 Å². The molecule has 0 fully saturated rings. The van der Waals surface area contributed by atoms with Crippen LogP contribution in [0.3, 0.4) is 0 Å². The van der Waals surface area contributed by atoms with E-state index in [1.165, 1.54) is 45.1 Å². The molecule has 1 aliphatic carbocycles. The van der Waals surface area contributed by atoms with Crippen LogP contribution >= 0.6 is 7.75 Å². The van der Waals surface area contributed by atoms with Crippen molar-refractivity contribution in [3.05, 3.63) is 36.7 Å². The summed E-state index contributed by atoms with van der Waals surface area (Å²) in [6.45, 7) is 4.88. The van der Waals surface area contributed by atoms with Gasteiger partial charge in [-0.25, -0.2) is 9.55 Å². The molecule has 2 unspecified atom stereocenters. The maximum atomic E-state index is 14.5. The predicted molar refractivity (Wildman–Crippen MR) is 150 cm³/mol. The van der Waals surface area contributed by atoms with Crippen LogP contribution in [0, 0.1) is 5.92 Å². The maximum Gasteiger partial charge on any atom is 0.462 e. The Hall–Kier alpha value is -3.87. The summed E-state index contributed by atoms with van der Waals surface area (Å²) in [7, 11) is 0.204. The van der Waals surface area contributed by atoms with Gasteiger partial charge in [-0.15, -0.1) is 0 Å². The molecule has 4 atom stereocenters. The number of carboxylic acid groups (broad SMARTS) is 1. The highest BCUT2D eigenvalue weighted by atomic mass is 31.2. The number of allylic oxidation sites excluding steroid dienone is 1. The number of benzene rings is 1. The number of fused-ring (bicyclic) bond motifs is 1. The second-order valence-electron chi connectivity index (χ2n) is 9.76. The highest BCUT2D eigenvalue weighted by molar-refractivity contribution is 7.51. The second-order valence-corrected chi connectivity index (χ2v) is 11.6. The average Bonchev–Trinajstić information content (AvgIpc) is 3.57. The molecule has 0 saturated carbocycles. The summed E-state index contributed by atoms with van der Waals surface area (Å²) in [5, 5.41) is 9.80. The Balaban J connectivity index is 1.59. The summed E-state index contributed by atoms with van der Waals surface area (Å²) in [6, 6.07) is 2.88. The Morgan fingerprint density at radius 2 is 1.76 bits per heavy atom. The van der Waals surface area contributed by atoms with E-state index in [1.807, 2.05) is 16.7 Å². The molecule has 2 heterocycles. The zero-order chi connectivity index (χ0) is 29.9. The first kappa shape index (κ1) is 30.1. The number of hydrogen-bond acceptors (Lipinski definition) is 11. The van der Waals surface area contributed by atoms with Gasteiger partial charge in [0.1, 0.15) is 23.3 Å². The van der Waals surface area contributed by atoms with E-state index >= 15 is 0 Å². The summed E-state index contributed by atoms with van der Waals surface area (Å²) in [4.78, 5) is 24.8. The monoisotopic (exact) mass is 590 g/mol. The van der Waals surface area contributed by atoms with Gasteiger partial charge in [-0.05, 0) is 27.2 Å². The number of nitrogens with two attached hydrogens (primary N) is 1. The molecule has 41 heavy (non-hydrogen) atoms. The van der Waals surface area contributed by atoms with Gasteiger partial charge in [0, 0.05) is 30.2 Å². The van der Waals surface area contributed by atoms with E-state index in [1.54, 1.807) is 26.2 Å². The molecule has 0 amide bonds. The first-order chi connectivity index (χ1) is 19.5. The van der Waals surface area contributed by atoms with Crippen LogP contribution in [-0.2, 0) is 13.9 Å². The molecule has 15 heteroatoms. The van der Waals surface area contributed by atoms with Crippen molar-refractivity contribution in [2.75, 3.05) is 33.7 Å². The summed E-state index contributed by atoms with van der Waals surface area (Å²) in [5.74, 6) is -0.0489. The number of anilines is 1. The summed E-state index contributed by atoms with van der Waals surface area (Å²) in [5.41, 5.74) is 6.86. The lowest BCUT2D eigenvalue weighted by Crippen LogP contribution is -2.42. The second kappa shape index (κ2) is 12.3. The highest BCUT2D eigenvalue weighted by Gasteiger charge is 2.44. The fourth-order valence-corrected chi connectivity index (χ4v) is 6.85. The van der Waals surface area contributed by atoms with Crippen molar-refractivity contribution >= 4 is 30.8 Å². The summed E-state index contributed by atoms with van der Waals surface area (Å²) in [6.07, 6.45) is 6.12. The number of carboxylic acids is 1. The maximum absolute atomic E-state index is 14.5. The SMILES string of the molecule is COc1cc(OC)cc(OP(=O)(OC[C@@H]2C=C[C@H](n3cnc4c(OC)nc(N)nc43)C2)N(C(C)C)C(C)C(=O)O)c1. The standard InChI is InChI=1S/C26H35N6O8P/c1-15(2)32(16(3)25(33)34)41(35,40-21-11-19(36-4)10-20(12-21)37-5)39-13-17-7-8-18(9-17)31-14-28-22-23(31)29-26(27)30-24(22)38-6/h7-8,10-12,14-18H,9,13H2,1-6H3,(H,33,34)(H2,27,29,30)/t16?,17-,18+,41?/m1/s1. The van der Waals surface area contributed by atoms with Crippen molar-refractivity contribution < 1.29 is 37.7 Å². The topological polar surface area (TPSA) is 173 Å². The summed E-state index contributed by atoms with van der Waals surface area (Å²) < 4.78 is 45.5. The van der Waals surface area contributed by atoms with Gasteiger partial charge in [0.05, 0.1) is 40.3 Å². The summed E-state index contributed by atoms with van der Waals surface area (Å²) >= 11 is 0. The van der Waals surface area contributed by atoms with Crippen molar-refractivity contribution in [1.29, 1.82) is 0 Å². The average molecular weight is 591 g/mol. The van der Waals surface area contributed by atoms with E-state index in [-0.39, 0.29) is 36.1 Å². The number of aromatic nitrogens is 4. The Labute approximate surface area is 237 Å². The number of hydrogen-bond donors (Lipinski definition) is 2. The van der Waals surface area contributed by atoms with Gasteiger partial charge in [0.2, 0.25) is 11.8 Å². The van der Waals surface area contributed by atoms with Crippen LogP contribution in [0.4, 0.5) is 5.95 Å². The van der Waals surface area contributed by atoms with Gasteiger partial charge < -0.3 is 34.1 Å². The lowest BCUT2D eigenvalue weighted by atomic mass is 10.1.